The van der Waals surface area contributed by atoms with Crippen LogP contribution in [0.4, 0.5) is 0 Å². The summed E-state index contributed by atoms with van der Waals surface area (Å²) >= 11 is 2.45. The number of halogens is 1. The predicted molar refractivity (Wildman–Crippen MR) is 101 cm³/mol. The molecule has 0 amide bonds. The number of ether oxygens (including phenoxy) is 1. The van der Waals surface area contributed by atoms with Gasteiger partial charge in [-0.15, -0.1) is 0 Å². The molecule has 2 saturated heterocycles. The molecular formula is C19H26INO2. The van der Waals surface area contributed by atoms with Crippen molar-refractivity contribution in [2.24, 2.45) is 5.92 Å². The molecule has 2 heterocycles. The van der Waals surface area contributed by atoms with Crippen molar-refractivity contribution in [2.75, 3.05) is 7.11 Å². The number of rotatable bonds is 5. The molecule has 0 radical (unpaired) electrons. The highest BCUT2D eigenvalue weighted by Crippen LogP contribution is 2.42. The highest BCUT2D eigenvalue weighted by Gasteiger charge is 2.46. The predicted octanol–water partition coefficient (Wildman–Crippen LogP) is 4.03. The summed E-state index contributed by atoms with van der Waals surface area (Å²) in [7, 11) is 1.51. The fourth-order valence-electron chi connectivity index (χ4n) is 4.23. The fraction of sp³-hybridized carbons (Fsp3) is 0.632. The summed E-state index contributed by atoms with van der Waals surface area (Å²) in [6, 6.07) is 7.66. The lowest BCUT2D eigenvalue weighted by atomic mass is 9.77. The topological polar surface area (TPSA) is 38.3 Å². The zero-order chi connectivity index (χ0) is 16.4. The molecule has 0 aromatic heterocycles. The highest BCUT2D eigenvalue weighted by atomic mass is 127. The van der Waals surface area contributed by atoms with E-state index in [0.717, 1.165) is 19.3 Å². The van der Waals surface area contributed by atoms with Gasteiger partial charge in [-0.05, 0) is 71.9 Å². The van der Waals surface area contributed by atoms with E-state index in [4.69, 9.17) is 4.74 Å². The lowest BCUT2D eigenvalue weighted by Crippen LogP contribution is -2.48. The molecule has 0 saturated carbocycles. The van der Waals surface area contributed by atoms with Gasteiger partial charge in [0.2, 0.25) is 0 Å². The number of hydrogen-bond acceptors (Lipinski definition) is 3. The highest BCUT2D eigenvalue weighted by molar-refractivity contribution is 14.1. The van der Waals surface area contributed by atoms with Gasteiger partial charge in [0.1, 0.15) is 0 Å². The molecule has 2 fully saturated rings. The van der Waals surface area contributed by atoms with Crippen molar-refractivity contribution < 1.29 is 9.53 Å². The van der Waals surface area contributed by atoms with Crippen molar-refractivity contribution in [3.05, 3.63) is 32.9 Å². The van der Waals surface area contributed by atoms with Crippen LogP contribution < -0.4 is 5.32 Å². The summed E-state index contributed by atoms with van der Waals surface area (Å²) in [6.45, 7) is 2.23. The first kappa shape index (κ1) is 17.2. The van der Waals surface area contributed by atoms with Gasteiger partial charge < -0.3 is 10.1 Å². The molecular weight excluding hydrogens is 401 g/mol. The van der Waals surface area contributed by atoms with Crippen LogP contribution in [-0.4, -0.2) is 25.2 Å². The third-order valence-corrected chi connectivity index (χ3v) is 6.46. The number of esters is 1. The average molecular weight is 427 g/mol. The number of piperidine rings is 1. The number of carbonyl (C=O) groups excluding carboxylic acids is 1. The first-order valence-electron chi connectivity index (χ1n) is 8.76. The summed E-state index contributed by atoms with van der Waals surface area (Å²) in [5.74, 6) is 0.184. The lowest BCUT2D eigenvalue weighted by Gasteiger charge is -2.36. The molecule has 0 spiro atoms. The first-order valence-corrected chi connectivity index (χ1v) is 9.84. The average Bonchev–Trinajstić information content (AvgIpc) is 2.94. The maximum absolute atomic E-state index is 12.4. The third-order valence-electron chi connectivity index (χ3n) is 5.46. The maximum Gasteiger partial charge on any atom is 0.310 e. The number of benzene rings is 1. The molecule has 4 atom stereocenters. The van der Waals surface area contributed by atoms with Crippen molar-refractivity contribution in [3.63, 3.8) is 0 Å². The van der Waals surface area contributed by atoms with Gasteiger partial charge in [-0.3, -0.25) is 4.79 Å². The molecule has 3 unspecified atom stereocenters. The molecule has 4 heteroatoms. The van der Waals surface area contributed by atoms with Gasteiger partial charge in [0.25, 0.3) is 0 Å². The summed E-state index contributed by atoms with van der Waals surface area (Å²) in [6.07, 6.45) is 6.91. The van der Waals surface area contributed by atoms with Crippen molar-refractivity contribution in [3.8, 4) is 0 Å². The van der Waals surface area contributed by atoms with Gasteiger partial charge >= 0.3 is 5.97 Å². The minimum absolute atomic E-state index is 0.0453. The molecule has 23 heavy (non-hydrogen) atoms. The zero-order valence-corrected chi connectivity index (χ0v) is 16.1. The monoisotopic (exact) mass is 427 g/mol. The van der Waals surface area contributed by atoms with Crippen LogP contribution in [0, 0.1) is 9.49 Å². The molecule has 3 nitrogen and oxygen atoms in total. The molecule has 126 valence electrons. The lowest BCUT2D eigenvalue weighted by molar-refractivity contribution is -0.148. The van der Waals surface area contributed by atoms with Crippen molar-refractivity contribution in [1.82, 2.24) is 5.32 Å². The van der Waals surface area contributed by atoms with E-state index < -0.39 is 0 Å². The molecule has 0 aliphatic carbocycles. The molecule has 3 rings (SSSR count). The Morgan fingerprint density at radius 1 is 1.39 bits per heavy atom. The van der Waals surface area contributed by atoms with E-state index in [9.17, 15) is 4.79 Å². The Morgan fingerprint density at radius 2 is 2.22 bits per heavy atom. The Balaban J connectivity index is 1.86. The number of fused-ring (bicyclic) bond motifs is 2. The second kappa shape index (κ2) is 7.51. The number of hydrogen-bond donors (Lipinski definition) is 1. The Kier molecular flexibility index (Phi) is 5.62. The Morgan fingerprint density at radius 3 is 2.91 bits per heavy atom. The number of unbranched alkanes of at least 4 members (excludes halogenated alkanes) is 1. The standard InChI is InChI=1S/C19H26INO2/c1-3-4-5-12-6-7-13(10-16(12)20)15-11-14-8-9-17(21-14)18(15)19(22)23-2/h6-7,10,14-15,17-18,21H,3-5,8-9,11H2,1-2H3/t14?,15-,17?,18?/m1/s1. The van der Waals surface area contributed by atoms with Crippen LogP contribution in [0.3, 0.4) is 0 Å². The molecule has 1 aromatic rings. The van der Waals surface area contributed by atoms with Crippen molar-refractivity contribution in [2.45, 2.75) is 63.5 Å². The number of nitrogens with one attached hydrogen (secondary N) is 1. The number of methoxy groups -OCH3 is 1. The summed E-state index contributed by atoms with van der Waals surface area (Å²) in [5, 5.41) is 3.61. The second-order valence-electron chi connectivity index (χ2n) is 6.89. The van der Waals surface area contributed by atoms with E-state index in [-0.39, 0.29) is 23.8 Å². The smallest absolute Gasteiger partial charge is 0.310 e. The van der Waals surface area contributed by atoms with Crippen LogP contribution in [0.2, 0.25) is 0 Å². The Hall–Kier alpha value is -0.620. The summed E-state index contributed by atoms with van der Waals surface area (Å²) in [4.78, 5) is 12.4. The third kappa shape index (κ3) is 3.58. The van der Waals surface area contributed by atoms with Gasteiger partial charge in [0.05, 0.1) is 13.0 Å². The summed E-state index contributed by atoms with van der Waals surface area (Å²) < 4.78 is 6.45. The van der Waals surface area contributed by atoms with E-state index in [1.54, 1.807) is 0 Å². The van der Waals surface area contributed by atoms with Gasteiger partial charge in [0.15, 0.2) is 0 Å². The van der Waals surface area contributed by atoms with Crippen LogP contribution in [0.15, 0.2) is 18.2 Å². The largest absolute Gasteiger partial charge is 0.469 e. The maximum atomic E-state index is 12.4. The SMILES string of the molecule is CCCCc1ccc([C@H]2CC3CCC(N3)C2C(=O)OC)cc1I. The fourth-order valence-corrected chi connectivity index (χ4v) is 5.03. The van der Waals surface area contributed by atoms with Crippen molar-refractivity contribution in [1.29, 1.82) is 0 Å². The van der Waals surface area contributed by atoms with E-state index in [1.165, 1.54) is 41.1 Å². The second-order valence-corrected chi connectivity index (χ2v) is 8.06. The first-order chi connectivity index (χ1) is 11.1. The van der Waals surface area contributed by atoms with Gasteiger partial charge in [0, 0.05) is 21.6 Å². The van der Waals surface area contributed by atoms with Crippen LogP contribution in [0.5, 0.6) is 0 Å². The van der Waals surface area contributed by atoms with Gasteiger partial charge in [-0.1, -0.05) is 25.5 Å². The molecule has 2 bridgehead atoms. The van der Waals surface area contributed by atoms with Crippen molar-refractivity contribution >= 4 is 28.6 Å². The van der Waals surface area contributed by atoms with E-state index in [0.29, 0.717) is 6.04 Å². The minimum atomic E-state index is -0.0575. The molecule has 2 aliphatic heterocycles. The zero-order valence-electron chi connectivity index (χ0n) is 14.0. The quantitative estimate of drug-likeness (QED) is 0.570. The van der Waals surface area contributed by atoms with E-state index in [1.807, 2.05) is 0 Å². The molecule has 2 aliphatic rings. The van der Waals surface area contributed by atoms with Gasteiger partial charge in [-0.25, -0.2) is 0 Å². The molecule has 1 aromatic carbocycles. The van der Waals surface area contributed by atoms with Crippen LogP contribution >= 0.6 is 22.6 Å². The van der Waals surface area contributed by atoms with Crippen LogP contribution in [0.25, 0.3) is 0 Å². The van der Waals surface area contributed by atoms with E-state index in [2.05, 4.69) is 53.0 Å². The minimum Gasteiger partial charge on any atom is -0.469 e. The Bertz CT molecular complexity index is 574. The van der Waals surface area contributed by atoms with Crippen LogP contribution in [-0.2, 0) is 16.0 Å². The number of aryl methyl sites for hydroxylation is 1. The number of carbonyl (C=O) groups is 1. The summed E-state index contributed by atoms with van der Waals surface area (Å²) in [5.41, 5.74) is 2.74. The molecule has 1 N–H and O–H groups in total. The van der Waals surface area contributed by atoms with E-state index >= 15 is 0 Å². The van der Waals surface area contributed by atoms with Crippen LogP contribution in [0.1, 0.15) is 56.1 Å². The van der Waals surface area contributed by atoms with Gasteiger partial charge in [-0.2, -0.15) is 0 Å². The normalized spacial score (nSPS) is 29.5. The Labute approximate surface area is 152 Å².